The van der Waals surface area contributed by atoms with Gasteiger partial charge in [0.25, 0.3) is 0 Å². The molecule has 102 valence electrons. The van der Waals surface area contributed by atoms with Gasteiger partial charge < -0.3 is 15.0 Å². The summed E-state index contributed by atoms with van der Waals surface area (Å²) < 4.78 is 12.0. The standard InChI is InChI=1S/C14H20BNO3/c1-9-8-10(12(16)17)6-7-11(9)15-18-13(2,3)14(4,5)19-15/h6-8H,1-5H3,(H2,16,17). The number of hydrogen-bond donors (Lipinski definition) is 1. The number of carbonyl (C=O) groups is 1. The molecule has 0 saturated carbocycles. The van der Waals surface area contributed by atoms with Gasteiger partial charge in [-0.1, -0.05) is 11.6 Å². The second kappa shape index (κ2) is 4.35. The van der Waals surface area contributed by atoms with Gasteiger partial charge in [-0.2, -0.15) is 0 Å². The van der Waals surface area contributed by atoms with Crippen LogP contribution in [0.4, 0.5) is 0 Å². The molecule has 0 aliphatic carbocycles. The predicted octanol–water partition coefficient (Wildman–Crippen LogP) is 1.39. The summed E-state index contributed by atoms with van der Waals surface area (Å²) in [7, 11) is -0.410. The Morgan fingerprint density at radius 1 is 1.16 bits per heavy atom. The van der Waals surface area contributed by atoms with Gasteiger partial charge in [0.1, 0.15) is 0 Å². The van der Waals surface area contributed by atoms with E-state index in [1.54, 1.807) is 12.1 Å². The molecule has 1 aromatic carbocycles. The summed E-state index contributed by atoms with van der Waals surface area (Å²) in [6.07, 6.45) is 0. The Labute approximate surface area is 114 Å². The second-order valence-corrected chi connectivity index (χ2v) is 6.02. The van der Waals surface area contributed by atoms with E-state index in [0.29, 0.717) is 5.56 Å². The molecule has 0 atom stereocenters. The smallest absolute Gasteiger partial charge is 0.399 e. The van der Waals surface area contributed by atoms with E-state index in [9.17, 15) is 4.79 Å². The van der Waals surface area contributed by atoms with Crippen molar-refractivity contribution < 1.29 is 14.1 Å². The van der Waals surface area contributed by atoms with Crippen molar-refractivity contribution in [3.63, 3.8) is 0 Å². The minimum Gasteiger partial charge on any atom is -0.399 e. The molecule has 1 fully saturated rings. The number of benzene rings is 1. The van der Waals surface area contributed by atoms with E-state index < -0.39 is 13.0 Å². The molecule has 1 saturated heterocycles. The Kier molecular flexibility index (Phi) is 3.23. The first-order chi connectivity index (χ1) is 8.64. The molecule has 5 heteroatoms. The third-order valence-electron chi connectivity index (χ3n) is 4.06. The van der Waals surface area contributed by atoms with Crippen LogP contribution in [0.3, 0.4) is 0 Å². The number of aryl methyl sites for hydroxylation is 1. The molecule has 0 radical (unpaired) electrons. The topological polar surface area (TPSA) is 61.6 Å². The third kappa shape index (κ3) is 2.40. The molecular weight excluding hydrogens is 241 g/mol. The van der Waals surface area contributed by atoms with Crippen molar-refractivity contribution >= 4 is 18.5 Å². The molecule has 19 heavy (non-hydrogen) atoms. The van der Waals surface area contributed by atoms with Gasteiger partial charge in [-0.15, -0.1) is 0 Å². The normalized spacial score (nSPS) is 20.6. The van der Waals surface area contributed by atoms with Crippen molar-refractivity contribution in [2.24, 2.45) is 5.73 Å². The van der Waals surface area contributed by atoms with Crippen LogP contribution in [0.2, 0.25) is 0 Å². The Morgan fingerprint density at radius 3 is 2.11 bits per heavy atom. The molecule has 4 nitrogen and oxygen atoms in total. The summed E-state index contributed by atoms with van der Waals surface area (Å²) in [5.41, 5.74) is 6.91. The first-order valence-electron chi connectivity index (χ1n) is 6.40. The van der Waals surface area contributed by atoms with Gasteiger partial charge in [-0.25, -0.2) is 0 Å². The molecule has 2 N–H and O–H groups in total. The third-order valence-corrected chi connectivity index (χ3v) is 4.06. The molecule has 1 aliphatic heterocycles. The summed E-state index contributed by atoms with van der Waals surface area (Å²) in [5, 5.41) is 0. The van der Waals surface area contributed by atoms with Gasteiger partial charge >= 0.3 is 7.12 Å². The van der Waals surface area contributed by atoms with E-state index in [1.165, 1.54) is 0 Å². The van der Waals surface area contributed by atoms with Crippen LogP contribution in [-0.4, -0.2) is 24.2 Å². The van der Waals surface area contributed by atoms with Crippen LogP contribution in [0, 0.1) is 6.92 Å². The van der Waals surface area contributed by atoms with Crippen LogP contribution in [0.5, 0.6) is 0 Å². The highest BCUT2D eigenvalue weighted by molar-refractivity contribution is 6.62. The van der Waals surface area contributed by atoms with Gasteiger partial charge in [-0.05, 0) is 52.2 Å². The summed E-state index contributed by atoms with van der Waals surface area (Å²) in [5.74, 6) is -0.427. The number of amides is 1. The fourth-order valence-corrected chi connectivity index (χ4v) is 2.06. The van der Waals surface area contributed by atoms with Crippen LogP contribution < -0.4 is 11.2 Å². The van der Waals surface area contributed by atoms with E-state index in [2.05, 4.69) is 0 Å². The van der Waals surface area contributed by atoms with Gasteiger partial charge in [0, 0.05) is 5.56 Å². The van der Waals surface area contributed by atoms with Crippen molar-refractivity contribution in [1.82, 2.24) is 0 Å². The molecule has 1 aliphatic rings. The SMILES string of the molecule is Cc1cc(C(N)=O)ccc1B1OC(C)(C)C(C)(C)O1. The van der Waals surface area contributed by atoms with E-state index in [-0.39, 0.29) is 11.2 Å². The molecule has 0 bridgehead atoms. The Morgan fingerprint density at radius 2 is 1.68 bits per heavy atom. The van der Waals surface area contributed by atoms with Crippen LogP contribution in [0.15, 0.2) is 18.2 Å². The lowest BCUT2D eigenvalue weighted by atomic mass is 9.76. The lowest BCUT2D eigenvalue weighted by Crippen LogP contribution is -2.41. The number of hydrogen-bond acceptors (Lipinski definition) is 3. The molecule has 0 aromatic heterocycles. The second-order valence-electron chi connectivity index (χ2n) is 6.02. The maximum absolute atomic E-state index is 11.2. The fraction of sp³-hybridized carbons (Fsp3) is 0.500. The van der Waals surface area contributed by atoms with Crippen LogP contribution >= 0.6 is 0 Å². The summed E-state index contributed by atoms with van der Waals surface area (Å²) in [6, 6.07) is 5.32. The monoisotopic (exact) mass is 261 g/mol. The van der Waals surface area contributed by atoms with Crippen molar-refractivity contribution in [2.75, 3.05) is 0 Å². The zero-order valence-electron chi connectivity index (χ0n) is 12.1. The van der Waals surface area contributed by atoms with Gasteiger partial charge in [0.05, 0.1) is 11.2 Å². The summed E-state index contributed by atoms with van der Waals surface area (Å²) >= 11 is 0. The number of nitrogens with two attached hydrogens (primary N) is 1. The van der Waals surface area contributed by atoms with E-state index in [0.717, 1.165) is 11.0 Å². The van der Waals surface area contributed by atoms with E-state index >= 15 is 0 Å². The fourth-order valence-electron chi connectivity index (χ4n) is 2.06. The average Bonchev–Trinajstić information content (AvgIpc) is 2.47. The molecule has 0 unspecified atom stereocenters. The highest BCUT2D eigenvalue weighted by Gasteiger charge is 2.52. The molecule has 2 rings (SSSR count). The first-order valence-corrected chi connectivity index (χ1v) is 6.40. The zero-order chi connectivity index (χ0) is 14.4. The highest BCUT2D eigenvalue weighted by Crippen LogP contribution is 2.36. The number of carbonyl (C=O) groups excluding carboxylic acids is 1. The molecule has 1 heterocycles. The van der Waals surface area contributed by atoms with Crippen molar-refractivity contribution in [2.45, 2.75) is 45.8 Å². The van der Waals surface area contributed by atoms with Crippen molar-refractivity contribution in [1.29, 1.82) is 0 Å². The first kappa shape index (κ1) is 14.1. The molecule has 1 amide bonds. The van der Waals surface area contributed by atoms with Crippen molar-refractivity contribution in [3.05, 3.63) is 29.3 Å². The van der Waals surface area contributed by atoms with Gasteiger partial charge in [0.15, 0.2) is 0 Å². The molecule has 0 spiro atoms. The Hall–Kier alpha value is -1.33. The van der Waals surface area contributed by atoms with E-state index in [4.69, 9.17) is 15.0 Å². The molecular formula is C14H20BNO3. The number of rotatable bonds is 2. The maximum atomic E-state index is 11.2. The number of primary amides is 1. The van der Waals surface area contributed by atoms with Crippen LogP contribution in [0.25, 0.3) is 0 Å². The largest absolute Gasteiger partial charge is 0.495 e. The Bertz CT molecular complexity index is 509. The van der Waals surface area contributed by atoms with Crippen LogP contribution in [0.1, 0.15) is 43.6 Å². The van der Waals surface area contributed by atoms with Crippen molar-refractivity contribution in [3.8, 4) is 0 Å². The average molecular weight is 261 g/mol. The van der Waals surface area contributed by atoms with E-state index in [1.807, 2.05) is 40.7 Å². The van der Waals surface area contributed by atoms with Gasteiger partial charge in [0.2, 0.25) is 5.91 Å². The van der Waals surface area contributed by atoms with Gasteiger partial charge in [-0.3, -0.25) is 4.79 Å². The summed E-state index contributed by atoms with van der Waals surface area (Å²) in [4.78, 5) is 11.2. The summed E-state index contributed by atoms with van der Waals surface area (Å²) in [6.45, 7) is 9.98. The maximum Gasteiger partial charge on any atom is 0.495 e. The lowest BCUT2D eigenvalue weighted by molar-refractivity contribution is 0.00578. The zero-order valence-corrected chi connectivity index (χ0v) is 12.1. The Balaban J connectivity index is 2.33. The highest BCUT2D eigenvalue weighted by atomic mass is 16.7. The van der Waals surface area contributed by atoms with Crippen LogP contribution in [-0.2, 0) is 9.31 Å². The minimum atomic E-state index is -0.427. The minimum absolute atomic E-state index is 0.369. The quantitative estimate of drug-likeness (QED) is 0.818. The molecule has 1 aromatic rings. The lowest BCUT2D eigenvalue weighted by Gasteiger charge is -2.32. The predicted molar refractivity (Wildman–Crippen MR) is 75.4 cm³/mol.